The first kappa shape index (κ1) is 9.61. The lowest BCUT2D eigenvalue weighted by Crippen LogP contribution is -1.91. The third-order valence-electron chi connectivity index (χ3n) is 1.05. The van der Waals surface area contributed by atoms with Gasteiger partial charge in [-0.3, -0.25) is 0 Å². The molecule has 0 fully saturated rings. The van der Waals surface area contributed by atoms with E-state index in [1.165, 1.54) is 18.2 Å². The van der Waals surface area contributed by atoms with Crippen molar-refractivity contribution >= 4 is 18.5 Å². The summed E-state index contributed by atoms with van der Waals surface area (Å²) < 4.78 is 17.1. The minimum absolute atomic E-state index is 0.245. The second-order valence-corrected chi connectivity index (χ2v) is 4.60. The lowest BCUT2D eigenvalue weighted by molar-refractivity contribution is 0.361. The van der Waals surface area contributed by atoms with Crippen molar-refractivity contribution in [2.45, 2.75) is 0 Å². The summed E-state index contributed by atoms with van der Waals surface area (Å²) in [4.78, 5) is 17.4. The standard InChI is InChI=1S/C6H6FO3PS/c7-5-3-1-2-4-6(5)10-11(8,9)12/h1-4H,(H2,8,9,12). The average Bonchev–Trinajstić information content (AvgIpc) is 1.91. The minimum Gasteiger partial charge on any atom is -0.421 e. The summed E-state index contributed by atoms with van der Waals surface area (Å²) >= 11 is 4.16. The lowest BCUT2D eigenvalue weighted by atomic mass is 10.3. The van der Waals surface area contributed by atoms with Crippen LogP contribution in [-0.4, -0.2) is 9.79 Å². The molecule has 0 aliphatic heterocycles. The van der Waals surface area contributed by atoms with E-state index in [0.717, 1.165) is 6.07 Å². The zero-order valence-corrected chi connectivity index (χ0v) is 7.56. The highest BCUT2D eigenvalue weighted by atomic mass is 32.5. The Morgan fingerprint density at radius 1 is 1.33 bits per heavy atom. The predicted molar refractivity (Wildman–Crippen MR) is 45.8 cm³/mol. The summed E-state index contributed by atoms with van der Waals surface area (Å²) in [5.41, 5.74) is 0. The van der Waals surface area contributed by atoms with E-state index in [9.17, 15) is 4.39 Å². The molecule has 0 amide bonds. The first-order chi connectivity index (χ1) is 5.49. The molecule has 2 N–H and O–H groups in total. The largest absolute Gasteiger partial charge is 0.421 e. The average molecular weight is 208 g/mol. The molecule has 0 saturated heterocycles. The molecular weight excluding hydrogens is 202 g/mol. The Balaban J connectivity index is 2.90. The van der Waals surface area contributed by atoms with Gasteiger partial charge in [0.1, 0.15) is 0 Å². The molecule has 6 heteroatoms. The van der Waals surface area contributed by atoms with Gasteiger partial charge in [0, 0.05) is 11.8 Å². The maximum absolute atomic E-state index is 12.7. The highest BCUT2D eigenvalue weighted by Crippen LogP contribution is 2.38. The van der Waals surface area contributed by atoms with Crippen molar-refractivity contribution in [2.24, 2.45) is 0 Å². The Labute approximate surface area is 73.7 Å². The van der Waals surface area contributed by atoms with Crippen LogP contribution in [0.15, 0.2) is 24.3 Å². The Hall–Kier alpha value is -0.480. The first-order valence-electron chi connectivity index (χ1n) is 2.99. The molecule has 0 aliphatic carbocycles. The normalized spacial score (nSPS) is 11.2. The lowest BCUT2D eigenvalue weighted by Gasteiger charge is -2.09. The molecule has 0 atom stereocenters. The van der Waals surface area contributed by atoms with Crippen LogP contribution in [-0.2, 0) is 11.8 Å². The summed E-state index contributed by atoms with van der Waals surface area (Å²) in [6, 6.07) is 5.37. The fourth-order valence-corrected chi connectivity index (χ4v) is 1.29. The van der Waals surface area contributed by atoms with E-state index in [-0.39, 0.29) is 5.75 Å². The van der Waals surface area contributed by atoms with Crippen LogP contribution in [0.5, 0.6) is 5.75 Å². The van der Waals surface area contributed by atoms with Crippen LogP contribution in [0.4, 0.5) is 4.39 Å². The Morgan fingerprint density at radius 2 is 1.92 bits per heavy atom. The van der Waals surface area contributed by atoms with Gasteiger partial charge in [0.15, 0.2) is 11.6 Å². The van der Waals surface area contributed by atoms with E-state index in [0.29, 0.717) is 0 Å². The summed E-state index contributed by atoms with van der Waals surface area (Å²) in [7, 11) is 0. The van der Waals surface area contributed by atoms with Crippen molar-refractivity contribution in [3.63, 3.8) is 0 Å². The Bertz CT molecular complexity index is 324. The zero-order valence-electron chi connectivity index (χ0n) is 5.85. The second-order valence-electron chi connectivity index (χ2n) is 2.01. The fraction of sp³-hybridized carbons (Fsp3) is 0. The molecule has 12 heavy (non-hydrogen) atoms. The van der Waals surface area contributed by atoms with Crippen LogP contribution in [0.3, 0.4) is 0 Å². The van der Waals surface area contributed by atoms with Gasteiger partial charge in [-0.05, 0) is 12.1 Å². The monoisotopic (exact) mass is 208 g/mol. The molecule has 1 aromatic carbocycles. The van der Waals surface area contributed by atoms with Crippen LogP contribution < -0.4 is 4.52 Å². The number of hydrogen-bond donors (Lipinski definition) is 2. The smallest absolute Gasteiger partial charge is 0.375 e. The van der Waals surface area contributed by atoms with Gasteiger partial charge < -0.3 is 14.3 Å². The van der Waals surface area contributed by atoms with Gasteiger partial charge in [-0.15, -0.1) is 0 Å². The van der Waals surface area contributed by atoms with E-state index in [1.807, 2.05) is 0 Å². The zero-order chi connectivity index (χ0) is 9.19. The maximum Gasteiger partial charge on any atom is 0.375 e. The van der Waals surface area contributed by atoms with E-state index in [4.69, 9.17) is 9.79 Å². The van der Waals surface area contributed by atoms with E-state index >= 15 is 0 Å². The van der Waals surface area contributed by atoms with Gasteiger partial charge in [-0.2, -0.15) is 0 Å². The summed E-state index contributed by atoms with van der Waals surface area (Å²) in [6.45, 7) is -3.82. The highest BCUT2D eigenvalue weighted by Gasteiger charge is 2.12. The van der Waals surface area contributed by atoms with Crippen LogP contribution >= 0.6 is 6.72 Å². The van der Waals surface area contributed by atoms with E-state index < -0.39 is 12.5 Å². The van der Waals surface area contributed by atoms with Crippen LogP contribution in [0.25, 0.3) is 0 Å². The second kappa shape index (κ2) is 3.49. The Kier molecular flexibility index (Phi) is 2.80. The van der Waals surface area contributed by atoms with Crippen molar-refractivity contribution in [3.05, 3.63) is 30.1 Å². The van der Waals surface area contributed by atoms with Gasteiger partial charge >= 0.3 is 6.72 Å². The van der Waals surface area contributed by atoms with Crippen LogP contribution in [0.2, 0.25) is 0 Å². The van der Waals surface area contributed by atoms with Crippen molar-refractivity contribution in [3.8, 4) is 5.75 Å². The predicted octanol–water partition coefficient (Wildman–Crippen LogP) is 1.41. The van der Waals surface area contributed by atoms with Gasteiger partial charge in [0.05, 0.1) is 0 Å². The molecule has 0 aliphatic rings. The highest BCUT2D eigenvalue weighted by molar-refractivity contribution is 8.06. The molecule has 1 aromatic rings. The molecule has 0 aromatic heterocycles. The van der Waals surface area contributed by atoms with Crippen molar-refractivity contribution in [2.75, 3.05) is 0 Å². The van der Waals surface area contributed by atoms with Gasteiger partial charge in [0.25, 0.3) is 0 Å². The van der Waals surface area contributed by atoms with Crippen molar-refractivity contribution in [1.82, 2.24) is 0 Å². The molecular formula is C6H6FO3PS. The number of benzene rings is 1. The molecule has 66 valence electrons. The van der Waals surface area contributed by atoms with E-state index in [2.05, 4.69) is 16.3 Å². The third kappa shape index (κ3) is 2.87. The molecule has 0 unspecified atom stereocenters. The molecule has 0 radical (unpaired) electrons. The summed E-state index contributed by atoms with van der Waals surface area (Å²) in [6.07, 6.45) is 0. The summed E-state index contributed by atoms with van der Waals surface area (Å²) in [5.74, 6) is -0.916. The van der Waals surface area contributed by atoms with Crippen LogP contribution in [0.1, 0.15) is 0 Å². The molecule has 0 spiro atoms. The Morgan fingerprint density at radius 3 is 2.42 bits per heavy atom. The molecule has 3 nitrogen and oxygen atoms in total. The molecule has 0 bridgehead atoms. The quantitative estimate of drug-likeness (QED) is 0.721. The molecule has 0 heterocycles. The van der Waals surface area contributed by atoms with Gasteiger partial charge in [-0.25, -0.2) is 4.39 Å². The number of para-hydroxylation sites is 1. The third-order valence-corrected chi connectivity index (χ3v) is 1.71. The van der Waals surface area contributed by atoms with Gasteiger partial charge in [-0.1, -0.05) is 12.1 Å². The number of hydrogen-bond acceptors (Lipinski definition) is 2. The summed E-state index contributed by atoms with van der Waals surface area (Å²) in [5, 5.41) is 0. The minimum atomic E-state index is -3.82. The molecule has 0 saturated carbocycles. The number of halogens is 1. The SMILES string of the molecule is OP(O)(=S)Oc1ccccc1F. The fourth-order valence-electron chi connectivity index (χ4n) is 0.647. The maximum atomic E-state index is 12.7. The number of rotatable bonds is 2. The topological polar surface area (TPSA) is 49.7 Å². The van der Waals surface area contributed by atoms with Crippen molar-refractivity contribution < 1.29 is 18.7 Å². The molecule has 1 rings (SSSR count). The van der Waals surface area contributed by atoms with Gasteiger partial charge in [0.2, 0.25) is 0 Å². The van der Waals surface area contributed by atoms with Crippen LogP contribution in [0, 0.1) is 5.82 Å². The van der Waals surface area contributed by atoms with Crippen molar-refractivity contribution in [1.29, 1.82) is 0 Å². The first-order valence-corrected chi connectivity index (χ1v) is 5.61. The van der Waals surface area contributed by atoms with E-state index in [1.54, 1.807) is 0 Å².